The molecule has 5 nitrogen and oxygen atoms in total. The van der Waals surface area contributed by atoms with E-state index < -0.39 is 0 Å². The van der Waals surface area contributed by atoms with Crippen LogP contribution in [0.2, 0.25) is 0 Å². The molecule has 1 aromatic carbocycles. The van der Waals surface area contributed by atoms with Crippen LogP contribution < -0.4 is 5.32 Å². The van der Waals surface area contributed by atoms with Gasteiger partial charge in [-0.15, -0.1) is 11.3 Å². The van der Waals surface area contributed by atoms with Crippen LogP contribution in [0.5, 0.6) is 5.75 Å². The highest BCUT2D eigenvalue weighted by atomic mass is 32.1. The molecule has 0 atom stereocenters. The van der Waals surface area contributed by atoms with Gasteiger partial charge in [-0.3, -0.25) is 4.79 Å². The van der Waals surface area contributed by atoms with Gasteiger partial charge in [-0.05, 0) is 23.6 Å². The number of thiophene rings is 1. The molecule has 0 bridgehead atoms. The molecule has 2 N–H and O–H groups in total. The minimum Gasteiger partial charge on any atom is -0.508 e. The van der Waals surface area contributed by atoms with Gasteiger partial charge in [0.05, 0.1) is 6.54 Å². The number of phenols is 1. The summed E-state index contributed by atoms with van der Waals surface area (Å²) in [4.78, 5) is 13.0. The number of aromatic hydroxyl groups is 1. The third-order valence-electron chi connectivity index (χ3n) is 2.88. The number of aromatic nitrogens is 1. The molecule has 1 amide bonds. The molecule has 0 aliphatic carbocycles. The van der Waals surface area contributed by atoms with E-state index in [4.69, 9.17) is 4.52 Å². The number of carbonyl (C=O) groups excluding carboxylic acids is 1. The van der Waals surface area contributed by atoms with Crippen LogP contribution >= 0.6 is 11.3 Å². The summed E-state index contributed by atoms with van der Waals surface area (Å²) in [7, 11) is 0. The molecule has 21 heavy (non-hydrogen) atoms. The summed E-state index contributed by atoms with van der Waals surface area (Å²) < 4.78 is 5.14. The van der Waals surface area contributed by atoms with Crippen LogP contribution in [0.1, 0.15) is 15.4 Å². The van der Waals surface area contributed by atoms with Gasteiger partial charge in [0, 0.05) is 16.5 Å². The van der Waals surface area contributed by atoms with Crippen LogP contribution in [-0.2, 0) is 6.54 Å². The Morgan fingerprint density at radius 1 is 1.29 bits per heavy atom. The van der Waals surface area contributed by atoms with Crippen molar-refractivity contribution in [3.8, 4) is 17.1 Å². The van der Waals surface area contributed by atoms with E-state index in [2.05, 4.69) is 10.5 Å². The van der Waals surface area contributed by atoms with Gasteiger partial charge in [0.15, 0.2) is 11.5 Å². The van der Waals surface area contributed by atoms with E-state index in [0.29, 0.717) is 17.9 Å². The summed E-state index contributed by atoms with van der Waals surface area (Å²) in [5.74, 6) is 0.276. The number of carbonyl (C=O) groups is 1. The fourth-order valence-electron chi connectivity index (χ4n) is 1.85. The first-order chi connectivity index (χ1) is 10.2. The second-order valence-electron chi connectivity index (χ2n) is 4.39. The summed E-state index contributed by atoms with van der Waals surface area (Å²) in [5, 5.41) is 17.9. The predicted octanol–water partition coefficient (Wildman–Crippen LogP) is 3.04. The van der Waals surface area contributed by atoms with Crippen molar-refractivity contribution in [1.29, 1.82) is 0 Å². The molecule has 3 aromatic rings. The number of nitrogens with zero attached hydrogens (tertiary/aromatic N) is 1. The third kappa shape index (κ3) is 3.11. The zero-order chi connectivity index (χ0) is 14.7. The average molecular weight is 300 g/mol. The van der Waals surface area contributed by atoms with Crippen molar-refractivity contribution >= 4 is 17.2 Å². The Morgan fingerprint density at radius 3 is 2.95 bits per heavy atom. The zero-order valence-electron chi connectivity index (χ0n) is 10.9. The van der Waals surface area contributed by atoms with Gasteiger partial charge in [-0.2, -0.15) is 0 Å². The minimum absolute atomic E-state index is 0.132. The van der Waals surface area contributed by atoms with Crippen LogP contribution in [0, 0.1) is 0 Å². The van der Waals surface area contributed by atoms with E-state index in [0.717, 1.165) is 4.88 Å². The van der Waals surface area contributed by atoms with Crippen molar-refractivity contribution in [3.63, 3.8) is 0 Å². The van der Waals surface area contributed by atoms with Gasteiger partial charge >= 0.3 is 0 Å². The molecule has 6 heteroatoms. The zero-order valence-corrected chi connectivity index (χ0v) is 11.8. The molecular formula is C15H12N2O3S. The number of rotatable bonds is 4. The Morgan fingerprint density at radius 2 is 2.19 bits per heavy atom. The molecule has 0 spiro atoms. The molecule has 0 fully saturated rings. The Balaban J connectivity index is 1.71. The van der Waals surface area contributed by atoms with Crippen molar-refractivity contribution in [2.24, 2.45) is 0 Å². The monoisotopic (exact) mass is 300 g/mol. The van der Waals surface area contributed by atoms with Gasteiger partial charge in [0.25, 0.3) is 5.91 Å². The third-order valence-corrected chi connectivity index (χ3v) is 3.75. The molecule has 106 valence electrons. The van der Waals surface area contributed by atoms with Crippen molar-refractivity contribution in [2.75, 3.05) is 0 Å². The molecule has 3 rings (SSSR count). The average Bonchev–Trinajstić information content (AvgIpc) is 3.16. The molecule has 2 aromatic heterocycles. The van der Waals surface area contributed by atoms with E-state index in [1.165, 1.54) is 0 Å². The lowest BCUT2D eigenvalue weighted by Gasteiger charge is -1.99. The fourth-order valence-corrected chi connectivity index (χ4v) is 2.49. The summed E-state index contributed by atoms with van der Waals surface area (Å²) >= 11 is 1.58. The predicted molar refractivity (Wildman–Crippen MR) is 79.1 cm³/mol. The summed E-state index contributed by atoms with van der Waals surface area (Å²) in [5.41, 5.74) is 0.879. The number of amides is 1. The molecule has 2 heterocycles. The lowest BCUT2D eigenvalue weighted by atomic mass is 10.1. The quantitative estimate of drug-likeness (QED) is 0.776. The Hall–Kier alpha value is -2.60. The standard InChI is InChI=1S/C15H12N2O3S/c18-11-4-1-3-10(7-11)14-8-13(17-20-14)15(19)16-9-12-5-2-6-21-12/h1-8,18H,9H2,(H,16,19). The van der Waals surface area contributed by atoms with Crippen LogP contribution in [0.25, 0.3) is 11.3 Å². The van der Waals surface area contributed by atoms with Gasteiger partial charge in [-0.25, -0.2) is 0 Å². The first-order valence-electron chi connectivity index (χ1n) is 6.29. The Bertz CT molecular complexity index is 750. The van der Waals surface area contributed by atoms with E-state index in [9.17, 15) is 9.90 Å². The van der Waals surface area contributed by atoms with E-state index >= 15 is 0 Å². The van der Waals surface area contributed by atoms with E-state index in [-0.39, 0.29) is 17.4 Å². The number of hydrogen-bond acceptors (Lipinski definition) is 5. The second-order valence-corrected chi connectivity index (χ2v) is 5.42. The van der Waals surface area contributed by atoms with Crippen molar-refractivity contribution in [3.05, 3.63) is 58.4 Å². The van der Waals surface area contributed by atoms with E-state index in [1.54, 1.807) is 41.7 Å². The smallest absolute Gasteiger partial charge is 0.273 e. The van der Waals surface area contributed by atoms with Gasteiger partial charge in [0.2, 0.25) is 0 Å². The lowest BCUT2D eigenvalue weighted by Crippen LogP contribution is -2.22. The first-order valence-corrected chi connectivity index (χ1v) is 7.17. The van der Waals surface area contributed by atoms with Crippen LogP contribution in [0.4, 0.5) is 0 Å². The number of nitrogens with one attached hydrogen (secondary N) is 1. The molecule has 0 radical (unpaired) electrons. The van der Waals surface area contributed by atoms with Crippen molar-refractivity contribution < 1.29 is 14.4 Å². The SMILES string of the molecule is O=C(NCc1cccs1)c1cc(-c2cccc(O)c2)on1. The Labute approximate surface area is 124 Å². The van der Waals surface area contributed by atoms with Crippen LogP contribution in [0.3, 0.4) is 0 Å². The first kappa shape index (κ1) is 13.4. The van der Waals surface area contributed by atoms with Crippen LogP contribution in [0.15, 0.2) is 52.4 Å². The summed E-state index contributed by atoms with van der Waals surface area (Å²) in [6, 6.07) is 12.0. The molecule has 0 saturated carbocycles. The largest absolute Gasteiger partial charge is 0.508 e. The van der Waals surface area contributed by atoms with Gasteiger partial charge in [0.1, 0.15) is 5.75 Å². The molecule has 0 aliphatic rings. The number of phenolic OH excluding ortho intramolecular Hbond substituents is 1. The molecule has 0 unspecified atom stereocenters. The highest BCUT2D eigenvalue weighted by Gasteiger charge is 2.13. The maximum absolute atomic E-state index is 12.0. The van der Waals surface area contributed by atoms with Crippen molar-refractivity contribution in [1.82, 2.24) is 10.5 Å². The normalized spacial score (nSPS) is 10.5. The summed E-state index contributed by atoms with van der Waals surface area (Å²) in [6.45, 7) is 0.463. The minimum atomic E-state index is -0.293. The van der Waals surface area contributed by atoms with Crippen LogP contribution in [-0.4, -0.2) is 16.2 Å². The van der Waals surface area contributed by atoms with Gasteiger partial charge < -0.3 is 14.9 Å². The highest BCUT2D eigenvalue weighted by Crippen LogP contribution is 2.23. The van der Waals surface area contributed by atoms with Gasteiger partial charge in [-0.1, -0.05) is 23.4 Å². The Kier molecular flexibility index (Phi) is 3.70. The fraction of sp³-hybridized carbons (Fsp3) is 0.0667. The highest BCUT2D eigenvalue weighted by molar-refractivity contribution is 7.09. The second kappa shape index (κ2) is 5.80. The maximum atomic E-state index is 12.0. The maximum Gasteiger partial charge on any atom is 0.273 e. The molecular weight excluding hydrogens is 288 g/mol. The molecule has 0 saturated heterocycles. The summed E-state index contributed by atoms with van der Waals surface area (Å²) in [6.07, 6.45) is 0. The number of hydrogen-bond donors (Lipinski definition) is 2. The number of benzene rings is 1. The van der Waals surface area contributed by atoms with E-state index in [1.807, 2.05) is 17.5 Å². The molecule has 0 aliphatic heterocycles. The lowest BCUT2D eigenvalue weighted by molar-refractivity contribution is 0.0942. The van der Waals surface area contributed by atoms with Crippen molar-refractivity contribution in [2.45, 2.75) is 6.54 Å². The topological polar surface area (TPSA) is 75.4 Å².